The lowest BCUT2D eigenvalue weighted by atomic mass is 10.3. The van der Waals surface area contributed by atoms with Gasteiger partial charge in [-0.25, -0.2) is 0 Å². The Morgan fingerprint density at radius 1 is 1.29 bits per heavy atom. The Kier molecular flexibility index (Phi) is 6.90. The van der Waals surface area contributed by atoms with Gasteiger partial charge in [0, 0.05) is 32.7 Å². The van der Waals surface area contributed by atoms with Crippen LogP contribution in [0.4, 0.5) is 13.2 Å². The van der Waals surface area contributed by atoms with Crippen molar-refractivity contribution in [3.63, 3.8) is 0 Å². The van der Waals surface area contributed by atoms with Gasteiger partial charge in [0.2, 0.25) is 5.91 Å². The molecule has 1 aliphatic rings. The molecule has 0 aromatic rings. The van der Waals surface area contributed by atoms with Gasteiger partial charge in [0.05, 0.1) is 20.1 Å². The second-order valence-electron chi connectivity index (χ2n) is 4.78. The molecule has 21 heavy (non-hydrogen) atoms. The number of hydrogen-bond donors (Lipinski definition) is 1. The monoisotopic (exact) mass is 311 g/mol. The molecule has 0 saturated carbocycles. The summed E-state index contributed by atoms with van der Waals surface area (Å²) in [4.78, 5) is 25.5. The number of esters is 1. The summed E-state index contributed by atoms with van der Waals surface area (Å²) in [5.74, 6) is -1.27. The van der Waals surface area contributed by atoms with Gasteiger partial charge in [-0.15, -0.1) is 0 Å². The Balaban J connectivity index is 2.56. The number of methoxy groups -OCH3 is 1. The first-order valence-electron chi connectivity index (χ1n) is 6.66. The summed E-state index contributed by atoms with van der Waals surface area (Å²) in [5, 5.41) is 3.10. The summed E-state index contributed by atoms with van der Waals surface area (Å²) in [6.45, 7) is 0.916. The fraction of sp³-hybridized carbons (Fsp3) is 0.833. The fourth-order valence-electron chi connectivity index (χ4n) is 2.00. The smallest absolute Gasteiger partial charge is 0.406 e. The van der Waals surface area contributed by atoms with E-state index in [-0.39, 0.29) is 19.5 Å². The third-order valence-corrected chi connectivity index (χ3v) is 3.10. The molecule has 0 bridgehead atoms. The van der Waals surface area contributed by atoms with E-state index in [0.717, 1.165) is 7.11 Å². The highest BCUT2D eigenvalue weighted by Crippen LogP contribution is 2.17. The van der Waals surface area contributed by atoms with Crippen molar-refractivity contribution in [2.45, 2.75) is 12.6 Å². The van der Waals surface area contributed by atoms with E-state index in [1.807, 2.05) is 0 Å². The van der Waals surface area contributed by atoms with Crippen LogP contribution >= 0.6 is 0 Å². The zero-order valence-corrected chi connectivity index (χ0v) is 11.9. The van der Waals surface area contributed by atoms with E-state index in [2.05, 4.69) is 10.1 Å². The molecule has 1 fully saturated rings. The van der Waals surface area contributed by atoms with Crippen LogP contribution < -0.4 is 5.32 Å². The number of carbonyl (C=O) groups is 2. The van der Waals surface area contributed by atoms with Crippen molar-refractivity contribution in [3.05, 3.63) is 0 Å². The van der Waals surface area contributed by atoms with Crippen LogP contribution in [-0.2, 0) is 14.3 Å². The predicted molar refractivity (Wildman–Crippen MR) is 68.6 cm³/mol. The Morgan fingerprint density at radius 3 is 2.43 bits per heavy atom. The van der Waals surface area contributed by atoms with E-state index in [9.17, 15) is 22.8 Å². The third kappa shape index (κ3) is 7.28. The van der Waals surface area contributed by atoms with Crippen molar-refractivity contribution in [2.24, 2.45) is 0 Å². The molecule has 1 aliphatic heterocycles. The number of carbonyl (C=O) groups excluding carboxylic acids is 2. The van der Waals surface area contributed by atoms with Crippen LogP contribution in [0.1, 0.15) is 6.42 Å². The number of alkyl halides is 3. The van der Waals surface area contributed by atoms with Gasteiger partial charge in [-0.05, 0) is 0 Å². The molecule has 6 nitrogen and oxygen atoms in total. The maximum absolute atomic E-state index is 12.5. The van der Waals surface area contributed by atoms with E-state index in [1.54, 1.807) is 4.90 Å². The molecule has 122 valence electrons. The van der Waals surface area contributed by atoms with Gasteiger partial charge < -0.3 is 15.0 Å². The van der Waals surface area contributed by atoms with Gasteiger partial charge in [-0.1, -0.05) is 0 Å². The second-order valence-corrected chi connectivity index (χ2v) is 4.78. The summed E-state index contributed by atoms with van der Waals surface area (Å²) < 4.78 is 41.9. The number of ether oxygens (including phenoxy) is 1. The van der Waals surface area contributed by atoms with Crippen molar-refractivity contribution in [1.29, 1.82) is 0 Å². The summed E-state index contributed by atoms with van der Waals surface area (Å²) in [5.41, 5.74) is 0. The summed E-state index contributed by atoms with van der Waals surface area (Å²) in [6.07, 6.45) is -4.74. The predicted octanol–water partition coefficient (Wildman–Crippen LogP) is -0.154. The van der Waals surface area contributed by atoms with Crippen LogP contribution in [-0.4, -0.2) is 80.8 Å². The highest BCUT2D eigenvalue weighted by molar-refractivity contribution is 5.79. The molecule has 1 heterocycles. The molecule has 0 atom stereocenters. The van der Waals surface area contributed by atoms with Crippen LogP contribution in [0.25, 0.3) is 0 Å². The zero-order chi connectivity index (χ0) is 15.9. The lowest BCUT2D eigenvalue weighted by Crippen LogP contribution is -2.50. The average molecular weight is 311 g/mol. The second kappa shape index (κ2) is 8.18. The van der Waals surface area contributed by atoms with Crippen LogP contribution in [0.3, 0.4) is 0 Å². The first kappa shape index (κ1) is 17.7. The summed E-state index contributed by atoms with van der Waals surface area (Å²) in [6, 6.07) is 0. The van der Waals surface area contributed by atoms with Gasteiger partial charge in [-0.3, -0.25) is 14.5 Å². The van der Waals surface area contributed by atoms with Crippen LogP contribution in [0.5, 0.6) is 0 Å². The van der Waals surface area contributed by atoms with Gasteiger partial charge >= 0.3 is 12.1 Å². The quantitative estimate of drug-likeness (QED) is 0.691. The standard InChI is InChI=1S/C12H20F3N3O3/c1-21-11(20)2-5-18(9-12(13,14)15)10(19)8-17-6-3-16-4-7-17/h16H,2-9H2,1H3. The number of hydrogen-bond acceptors (Lipinski definition) is 5. The van der Waals surface area contributed by atoms with Gasteiger partial charge in [-0.2, -0.15) is 13.2 Å². The first-order chi connectivity index (χ1) is 9.81. The fourth-order valence-corrected chi connectivity index (χ4v) is 2.00. The van der Waals surface area contributed by atoms with Crippen molar-refractivity contribution in [1.82, 2.24) is 15.1 Å². The lowest BCUT2D eigenvalue weighted by Gasteiger charge is -2.30. The Morgan fingerprint density at radius 2 is 1.90 bits per heavy atom. The minimum atomic E-state index is -4.49. The maximum atomic E-state index is 12.5. The maximum Gasteiger partial charge on any atom is 0.406 e. The van der Waals surface area contributed by atoms with Crippen LogP contribution in [0.2, 0.25) is 0 Å². The molecule has 0 aromatic carbocycles. The number of amides is 1. The van der Waals surface area contributed by atoms with Gasteiger partial charge in [0.15, 0.2) is 0 Å². The number of nitrogens with zero attached hydrogens (tertiary/aromatic N) is 2. The van der Waals surface area contributed by atoms with Crippen molar-refractivity contribution < 1.29 is 27.5 Å². The molecule has 1 rings (SSSR count). The van der Waals surface area contributed by atoms with Crippen LogP contribution in [0, 0.1) is 0 Å². The van der Waals surface area contributed by atoms with Crippen LogP contribution in [0.15, 0.2) is 0 Å². The molecule has 0 aliphatic carbocycles. The third-order valence-electron chi connectivity index (χ3n) is 3.10. The average Bonchev–Trinajstić information content (AvgIpc) is 2.42. The highest BCUT2D eigenvalue weighted by atomic mass is 19.4. The van der Waals surface area contributed by atoms with E-state index >= 15 is 0 Å². The van der Waals surface area contributed by atoms with E-state index in [4.69, 9.17) is 0 Å². The summed E-state index contributed by atoms with van der Waals surface area (Å²) >= 11 is 0. The zero-order valence-electron chi connectivity index (χ0n) is 11.9. The number of piperazine rings is 1. The molecular formula is C12H20F3N3O3. The van der Waals surface area contributed by atoms with Crippen molar-refractivity contribution in [2.75, 3.05) is 52.9 Å². The summed E-state index contributed by atoms with van der Waals surface area (Å²) in [7, 11) is 1.15. The lowest BCUT2D eigenvalue weighted by molar-refractivity contribution is -0.163. The molecule has 1 saturated heterocycles. The Hall–Kier alpha value is -1.35. The first-order valence-corrected chi connectivity index (χ1v) is 6.66. The van der Waals surface area contributed by atoms with E-state index in [1.165, 1.54) is 0 Å². The molecule has 0 spiro atoms. The molecule has 1 N–H and O–H groups in total. The highest BCUT2D eigenvalue weighted by Gasteiger charge is 2.33. The largest absolute Gasteiger partial charge is 0.469 e. The normalized spacial score (nSPS) is 16.6. The SMILES string of the molecule is COC(=O)CCN(CC(F)(F)F)C(=O)CN1CCNCC1. The molecule has 9 heteroatoms. The van der Waals surface area contributed by atoms with Gasteiger partial charge in [0.25, 0.3) is 0 Å². The van der Waals surface area contributed by atoms with Crippen molar-refractivity contribution in [3.8, 4) is 0 Å². The van der Waals surface area contributed by atoms with E-state index < -0.39 is 24.6 Å². The van der Waals surface area contributed by atoms with E-state index in [0.29, 0.717) is 31.1 Å². The molecule has 1 amide bonds. The Labute approximate surface area is 121 Å². The Bertz CT molecular complexity index is 357. The number of halogens is 3. The molecule has 0 aromatic heterocycles. The molecule has 0 unspecified atom stereocenters. The van der Waals surface area contributed by atoms with Crippen molar-refractivity contribution >= 4 is 11.9 Å². The minimum Gasteiger partial charge on any atom is -0.469 e. The van der Waals surface area contributed by atoms with Gasteiger partial charge in [0.1, 0.15) is 6.54 Å². The number of rotatable bonds is 6. The topological polar surface area (TPSA) is 61.9 Å². The number of nitrogens with one attached hydrogen (secondary N) is 1. The minimum absolute atomic E-state index is 0.0705. The molecule has 0 radical (unpaired) electrons. The molecular weight excluding hydrogens is 291 g/mol.